The fourth-order valence-corrected chi connectivity index (χ4v) is 3.19. The number of amides is 1. The number of piperidine rings is 1. The number of aromatic nitrogens is 1. The van der Waals surface area contributed by atoms with E-state index < -0.39 is 0 Å². The molecular weight excluding hydrogens is 417 g/mol. The van der Waals surface area contributed by atoms with Crippen LogP contribution in [0.15, 0.2) is 6.20 Å². The Hall–Kier alpha value is -1.40. The van der Waals surface area contributed by atoms with Gasteiger partial charge in [0.15, 0.2) is 0 Å². The molecule has 1 aromatic heterocycles. The Morgan fingerprint density at radius 1 is 1.50 bits per heavy atom. The zero-order valence-corrected chi connectivity index (χ0v) is 16.4. The number of pyridine rings is 1. The van der Waals surface area contributed by atoms with Crippen molar-refractivity contribution in [3.8, 4) is 6.07 Å². The van der Waals surface area contributed by atoms with Crippen LogP contribution >= 0.6 is 22.6 Å². The minimum atomic E-state index is 0.102. The van der Waals surface area contributed by atoms with E-state index in [1.165, 1.54) is 0 Å². The average molecular weight is 441 g/mol. The summed E-state index contributed by atoms with van der Waals surface area (Å²) in [5, 5.41) is 15.7. The molecular formula is C17H24IN5O. The molecule has 2 rings (SSSR count). The molecule has 1 aliphatic heterocycles. The van der Waals surface area contributed by atoms with Crippen LogP contribution in [0.25, 0.3) is 0 Å². The summed E-state index contributed by atoms with van der Waals surface area (Å²) in [6.07, 6.45) is 4.64. The van der Waals surface area contributed by atoms with Gasteiger partial charge in [-0.2, -0.15) is 5.26 Å². The Bertz CT molecular complexity index is 620. The van der Waals surface area contributed by atoms with Crippen LogP contribution in [0.1, 0.15) is 37.3 Å². The lowest BCUT2D eigenvalue weighted by Crippen LogP contribution is -2.44. The molecule has 1 aliphatic rings. The third-order valence-electron chi connectivity index (χ3n) is 4.26. The van der Waals surface area contributed by atoms with E-state index >= 15 is 0 Å². The third kappa shape index (κ3) is 5.05. The Morgan fingerprint density at radius 2 is 2.21 bits per heavy atom. The number of hydrogen-bond donors (Lipinski definition) is 2. The van der Waals surface area contributed by atoms with Gasteiger partial charge in [-0.1, -0.05) is 6.92 Å². The van der Waals surface area contributed by atoms with E-state index in [4.69, 9.17) is 0 Å². The topological polar surface area (TPSA) is 81.1 Å². The quantitative estimate of drug-likeness (QED) is 0.663. The average Bonchev–Trinajstić information content (AvgIpc) is 2.58. The summed E-state index contributed by atoms with van der Waals surface area (Å²) in [5.41, 5.74) is 1.60. The highest BCUT2D eigenvalue weighted by molar-refractivity contribution is 14.1. The maximum absolute atomic E-state index is 11.8. The van der Waals surface area contributed by atoms with Crippen LogP contribution in [0.3, 0.4) is 0 Å². The van der Waals surface area contributed by atoms with Gasteiger partial charge in [-0.05, 0) is 54.3 Å². The van der Waals surface area contributed by atoms with Gasteiger partial charge in [0.05, 0.1) is 12.1 Å². The predicted molar refractivity (Wildman–Crippen MR) is 103 cm³/mol. The monoisotopic (exact) mass is 441 g/mol. The van der Waals surface area contributed by atoms with Crippen LogP contribution in [-0.4, -0.2) is 48.0 Å². The van der Waals surface area contributed by atoms with Gasteiger partial charge in [0.2, 0.25) is 5.91 Å². The summed E-state index contributed by atoms with van der Waals surface area (Å²) in [6.45, 7) is 6.96. The van der Waals surface area contributed by atoms with Gasteiger partial charge in [-0.15, -0.1) is 0 Å². The summed E-state index contributed by atoms with van der Waals surface area (Å²) >= 11 is 2.20. The number of halogens is 1. The second kappa shape index (κ2) is 9.18. The van der Waals surface area contributed by atoms with Crippen molar-refractivity contribution in [2.75, 3.05) is 31.5 Å². The minimum absolute atomic E-state index is 0.102. The largest absolute Gasteiger partial charge is 0.366 e. The van der Waals surface area contributed by atoms with Crippen LogP contribution in [0, 0.1) is 21.8 Å². The molecule has 2 heterocycles. The van der Waals surface area contributed by atoms with Crippen molar-refractivity contribution in [2.24, 2.45) is 0 Å². The first-order chi connectivity index (χ1) is 11.5. The molecule has 1 saturated heterocycles. The first-order valence-corrected chi connectivity index (χ1v) is 9.43. The maximum Gasteiger partial charge on any atom is 0.234 e. The third-order valence-corrected chi connectivity index (χ3v) is 5.34. The van der Waals surface area contributed by atoms with E-state index in [-0.39, 0.29) is 5.91 Å². The second-order valence-electron chi connectivity index (χ2n) is 6.11. The summed E-state index contributed by atoms with van der Waals surface area (Å²) in [6, 6.07) is 2.55. The molecule has 1 fully saturated rings. The first kappa shape index (κ1) is 18.9. The molecule has 0 bridgehead atoms. The number of rotatable bonds is 6. The molecule has 0 aliphatic carbocycles. The lowest BCUT2D eigenvalue weighted by molar-refractivity contribution is -0.122. The molecule has 0 unspecified atom stereocenters. The number of carbonyl (C=O) groups excluding carboxylic acids is 1. The molecule has 24 heavy (non-hydrogen) atoms. The molecule has 2 N–H and O–H groups in total. The summed E-state index contributed by atoms with van der Waals surface area (Å²) < 4.78 is 1.00. The van der Waals surface area contributed by atoms with Crippen molar-refractivity contribution in [1.82, 2.24) is 15.2 Å². The van der Waals surface area contributed by atoms with Crippen LogP contribution < -0.4 is 10.6 Å². The van der Waals surface area contributed by atoms with E-state index in [2.05, 4.69) is 49.2 Å². The molecule has 6 nitrogen and oxygen atoms in total. The van der Waals surface area contributed by atoms with Gasteiger partial charge in [0, 0.05) is 35.4 Å². The van der Waals surface area contributed by atoms with Crippen molar-refractivity contribution in [3.05, 3.63) is 20.9 Å². The summed E-state index contributed by atoms with van der Waals surface area (Å²) in [5.74, 6) is 0.777. The van der Waals surface area contributed by atoms with Crippen molar-refractivity contribution < 1.29 is 4.79 Å². The molecule has 0 saturated carbocycles. The Kier molecular flexibility index (Phi) is 7.24. The lowest BCUT2D eigenvalue weighted by Gasteiger charge is -2.32. The Balaban J connectivity index is 1.87. The zero-order chi connectivity index (χ0) is 17.5. The fraction of sp³-hybridized carbons (Fsp3) is 0.588. The Labute approximate surface area is 157 Å². The number of carbonyl (C=O) groups is 1. The standard InChI is InChI=1S/C17H24IN5O/c1-3-6-20-16(24)11-23-7-4-13(5-8-23)22-17-14(9-19)12(2)15(18)10-21-17/h10,13H,3-8,11H2,1-2H3,(H,20,24)(H,21,22). The highest BCUT2D eigenvalue weighted by Crippen LogP contribution is 2.23. The van der Waals surface area contributed by atoms with Gasteiger partial charge < -0.3 is 10.6 Å². The van der Waals surface area contributed by atoms with Gasteiger partial charge in [-0.25, -0.2) is 4.98 Å². The highest BCUT2D eigenvalue weighted by Gasteiger charge is 2.22. The normalized spacial score (nSPS) is 15.8. The highest BCUT2D eigenvalue weighted by atomic mass is 127. The smallest absolute Gasteiger partial charge is 0.234 e. The second-order valence-corrected chi connectivity index (χ2v) is 7.27. The molecule has 7 heteroatoms. The van der Waals surface area contributed by atoms with Crippen LogP contribution in [0.5, 0.6) is 0 Å². The fourth-order valence-electron chi connectivity index (χ4n) is 2.78. The van der Waals surface area contributed by atoms with E-state index in [1.54, 1.807) is 6.20 Å². The van der Waals surface area contributed by atoms with Gasteiger partial charge in [-0.3, -0.25) is 9.69 Å². The molecule has 1 amide bonds. The molecule has 130 valence electrons. The summed E-state index contributed by atoms with van der Waals surface area (Å²) in [7, 11) is 0. The van der Waals surface area contributed by atoms with Crippen LogP contribution in [0.2, 0.25) is 0 Å². The Morgan fingerprint density at radius 3 is 2.83 bits per heavy atom. The van der Waals surface area contributed by atoms with Crippen LogP contribution in [0.4, 0.5) is 5.82 Å². The van der Waals surface area contributed by atoms with Gasteiger partial charge in [0.1, 0.15) is 11.9 Å². The minimum Gasteiger partial charge on any atom is -0.366 e. The SMILES string of the molecule is CCCNC(=O)CN1CCC(Nc2ncc(I)c(C)c2C#N)CC1. The van der Waals surface area contributed by atoms with Gasteiger partial charge >= 0.3 is 0 Å². The maximum atomic E-state index is 11.8. The van der Waals surface area contributed by atoms with E-state index in [1.807, 2.05) is 13.8 Å². The lowest BCUT2D eigenvalue weighted by atomic mass is 10.0. The summed E-state index contributed by atoms with van der Waals surface area (Å²) in [4.78, 5) is 18.3. The first-order valence-electron chi connectivity index (χ1n) is 8.36. The molecule has 1 aromatic rings. The predicted octanol–water partition coefficient (Wildman–Crippen LogP) is 2.27. The van der Waals surface area contributed by atoms with E-state index in [0.29, 0.717) is 24.0 Å². The van der Waals surface area contributed by atoms with E-state index in [0.717, 1.165) is 48.0 Å². The van der Waals surface area contributed by atoms with Crippen molar-refractivity contribution in [2.45, 2.75) is 39.2 Å². The number of nitrogens with one attached hydrogen (secondary N) is 2. The molecule has 0 atom stereocenters. The van der Waals surface area contributed by atoms with E-state index in [9.17, 15) is 10.1 Å². The molecule has 0 aromatic carbocycles. The number of likely N-dealkylation sites (tertiary alicyclic amines) is 1. The number of anilines is 1. The van der Waals surface area contributed by atoms with Crippen molar-refractivity contribution in [1.29, 1.82) is 5.26 Å². The molecule has 0 spiro atoms. The van der Waals surface area contributed by atoms with Crippen molar-refractivity contribution in [3.63, 3.8) is 0 Å². The van der Waals surface area contributed by atoms with Gasteiger partial charge in [0.25, 0.3) is 0 Å². The number of nitriles is 1. The zero-order valence-electron chi connectivity index (χ0n) is 14.2. The molecule has 0 radical (unpaired) electrons. The number of hydrogen-bond acceptors (Lipinski definition) is 5. The van der Waals surface area contributed by atoms with Crippen molar-refractivity contribution >= 4 is 34.3 Å². The number of nitrogens with zero attached hydrogens (tertiary/aromatic N) is 3. The van der Waals surface area contributed by atoms with Crippen LogP contribution in [-0.2, 0) is 4.79 Å².